The molecule has 1 aliphatic heterocycles. The Morgan fingerprint density at radius 1 is 1.57 bits per heavy atom. The second-order valence-electron chi connectivity index (χ2n) is 3.22. The van der Waals surface area contributed by atoms with Crippen molar-refractivity contribution in [1.29, 1.82) is 0 Å². The van der Waals surface area contributed by atoms with Crippen molar-refractivity contribution < 1.29 is 14.3 Å². The lowest BCUT2D eigenvalue weighted by molar-refractivity contribution is -0.137. The average Bonchev–Trinajstić information content (AvgIpc) is 2.52. The SMILES string of the molecule is CCCCCC(=O)NC1=CCOC1=O. The smallest absolute Gasteiger partial charge is 0.354 e. The summed E-state index contributed by atoms with van der Waals surface area (Å²) in [7, 11) is 0. The largest absolute Gasteiger partial charge is 0.457 e. The van der Waals surface area contributed by atoms with Crippen LogP contribution in [0.2, 0.25) is 0 Å². The van der Waals surface area contributed by atoms with E-state index in [1.807, 2.05) is 0 Å². The molecule has 1 rings (SSSR count). The second-order valence-corrected chi connectivity index (χ2v) is 3.22. The van der Waals surface area contributed by atoms with Gasteiger partial charge < -0.3 is 10.1 Å². The molecule has 1 aliphatic rings. The fourth-order valence-electron chi connectivity index (χ4n) is 1.21. The van der Waals surface area contributed by atoms with Crippen molar-refractivity contribution in [2.75, 3.05) is 6.61 Å². The lowest BCUT2D eigenvalue weighted by Gasteiger charge is -2.02. The monoisotopic (exact) mass is 197 g/mol. The van der Waals surface area contributed by atoms with Gasteiger partial charge in [0.15, 0.2) is 0 Å². The van der Waals surface area contributed by atoms with E-state index >= 15 is 0 Å². The molecular weight excluding hydrogens is 182 g/mol. The molecule has 0 aromatic heterocycles. The highest BCUT2D eigenvalue weighted by molar-refractivity contribution is 5.95. The van der Waals surface area contributed by atoms with Gasteiger partial charge in [-0.2, -0.15) is 0 Å². The number of ether oxygens (including phenoxy) is 1. The molecule has 4 nitrogen and oxygen atoms in total. The van der Waals surface area contributed by atoms with Gasteiger partial charge in [0.2, 0.25) is 5.91 Å². The van der Waals surface area contributed by atoms with Crippen LogP contribution in [-0.2, 0) is 14.3 Å². The Kier molecular flexibility index (Phi) is 4.16. The molecule has 0 unspecified atom stereocenters. The molecule has 1 heterocycles. The number of hydrogen-bond acceptors (Lipinski definition) is 3. The molecule has 14 heavy (non-hydrogen) atoms. The van der Waals surface area contributed by atoms with Crippen LogP contribution in [0.1, 0.15) is 32.6 Å². The zero-order valence-electron chi connectivity index (χ0n) is 8.34. The highest BCUT2D eigenvalue weighted by atomic mass is 16.5. The molecule has 0 saturated heterocycles. The van der Waals surface area contributed by atoms with E-state index < -0.39 is 5.97 Å². The van der Waals surface area contributed by atoms with E-state index in [2.05, 4.69) is 17.0 Å². The van der Waals surface area contributed by atoms with Crippen LogP contribution < -0.4 is 5.32 Å². The minimum atomic E-state index is -0.436. The van der Waals surface area contributed by atoms with E-state index in [9.17, 15) is 9.59 Å². The Morgan fingerprint density at radius 3 is 2.93 bits per heavy atom. The normalized spacial score (nSPS) is 14.9. The van der Waals surface area contributed by atoms with Gasteiger partial charge >= 0.3 is 5.97 Å². The summed E-state index contributed by atoms with van der Waals surface area (Å²) in [5.41, 5.74) is 0.284. The van der Waals surface area contributed by atoms with Gasteiger partial charge in [0, 0.05) is 6.42 Å². The fraction of sp³-hybridized carbons (Fsp3) is 0.600. The van der Waals surface area contributed by atoms with Gasteiger partial charge in [-0.25, -0.2) is 4.79 Å². The third-order valence-electron chi connectivity index (χ3n) is 2.00. The van der Waals surface area contributed by atoms with Crippen molar-refractivity contribution >= 4 is 11.9 Å². The van der Waals surface area contributed by atoms with Crippen LogP contribution in [0.5, 0.6) is 0 Å². The maximum absolute atomic E-state index is 11.3. The Bertz CT molecular complexity index is 258. The molecule has 0 fully saturated rings. The first-order valence-corrected chi connectivity index (χ1v) is 4.91. The summed E-state index contributed by atoms with van der Waals surface area (Å²) in [6.07, 6.45) is 5.04. The van der Waals surface area contributed by atoms with Crippen molar-refractivity contribution in [1.82, 2.24) is 5.32 Å². The summed E-state index contributed by atoms with van der Waals surface area (Å²) >= 11 is 0. The van der Waals surface area contributed by atoms with Crippen LogP contribution in [0.4, 0.5) is 0 Å². The van der Waals surface area contributed by atoms with Gasteiger partial charge in [0.1, 0.15) is 12.3 Å². The molecule has 0 aromatic carbocycles. The van der Waals surface area contributed by atoms with E-state index in [0.717, 1.165) is 19.3 Å². The molecule has 0 radical (unpaired) electrons. The summed E-state index contributed by atoms with van der Waals surface area (Å²) in [6, 6.07) is 0. The van der Waals surface area contributed by atoms with E-state index in [-0.39, 0.29) is 18.2 Å². The first kappa shape index (κ1) is 10.8. The minimum absolute atomic E-state index is 0.108. The Hall–Kier alpha value is -1.32. The zero-order valence-corrected chi connectivity index (χ0v) is 8.34. The predicted molar refractivity (Wildman–Crippen MR) is 51.3 cm³/mol. The number of amides is 1. The molecule has 0 aromatic rings. The van der Waals surface area contributed by atoms with Crippen LogP contribution in [0, 0.1) is 0 Å². The number of cyclic esters (lactones) is 1. The van der Waals surface area contributed by atoms with Gasteiger partial charge in [-0.15, -0.1) is 0 Å². The summed E-state index contributed by atoms with van der Waals surface area (Å²) in [5, 5.41) is 2.54. The third kappa shape index (κ3) is 3.20. The standard InChI is InChI=1S/C10H15NO3/c1-2-3-4-5-9(12)11-8-6-7-14-10(8)13/h6H,2-5,7H2,1H3,(H,11,12). The quantitative estimate of drug-likeness (QED) is 0.531. The van der Waals surface area contributed by atoms with E-state index in [4.69, 9.17) is 0 Å². The molecule has 1 amide bonds. The van der Waals surface area contributed by atoms with Crippen molar-refractivity contribution in [3.8, 4) is 0 Å². The number of rotatable bonds is 5. The third-order valence-corrected chi connectivity index (χ3v) is 2.00. The van der Waals surface area contributed by atoms with Crippen LogP contribution in [0.25, 0.3) is 0 Å². The molecule has 0 bridgehead atoms. The molecule has 78 valence electrons. The van der Waals surface area contributed by atoms with Crippen LogP contribution in [0.3, 0.4) is 0 Å². The van der Waals surface area contributed by atoms with Crippen LogP contribution >= 0.6 is 0 Å². The summed E-state index contributed by atoms with van der Waals surface area (Å²) in [5.74, 6) is -0.544. The summed E-state index contributed by atoms with van der Waals surface area (Å²) in [6.45, 7) is 2.35. The van der Waals surface area contributed by atoms with Gasteiger partial charge in [-0.1, -0.05) is 19.8 Å². The topological polar surface area (TPSA) is 55.4 Å². The highest BCUT2D eigenvalue weighted by Gasteiger charge is 2.18. The lowest BCUT2D eigenvalue weighted by Crippen LogP contribution is -2.25. The summed E-state index contributed by atoms with van der Waals surface area (Å²) in [4.78, 5) is 22.2. The molecule has 0 saturated carbocycles. The Balaban J connectivity index is 2.23. The van der Waals surface area contributed by atoms with E-state index in [0.29, 0.717) is 6.42 Å². The van der Waals surface area contributed by atoms with E-state index in [1.165, 1.54) is 0 Å². The van der Waals surface area contributed by atoms with Gasteiger partial charge in [0.25, 0.3) is 0 Å². The molecule has 4 heteroatoms. The molecule has 1 N–H and O–H groups in total. The summed E-state index contributed by atoms with van der Waals surface area (Å²) < 4.78 is 4.65. The van der Waals surface area contributed by atoms with Crippen molar-refractivity contribution in [3.05, 3.63) is 11.8 Å². The number of carbonyl (C=O) groups excluding carboxylic acids is 2. The maximum atomic E-state index is 11.3. The predicted octanol–water partition coefficient (Wildman–Crippen LogP) is 1.12. The lowest BCUT2D eigenvalue weighted by atomic mass is 10.2. The van der Waals surface area contributed by atoms with Crippen molar-refractivity contribution in [2.24, 2.45) is 0 Å². The number of unbranched alkanes of at least 4 members (excludes halogenated alkanes) is 2. The minimum Gasteiger partial charge on any atom is -0.457 e. The van der Waals surface area contributed by atoms with Crippen molar-refractivity contribution in [3.63, 3.8) is 0 Å². The van der Waals surface area contributed by atoms with Crippen LogP contribution in [0.15, 0.2) is 11.8 Å². The zero-order chi connectivity index (χ0) is 10.4. The number of esters is 1. The number of carbonyl (C=O) groups is 2. The average molecular weight is 197 g/mol. The Morgan fingerprint density at radius 2 is 2.36 bits per heavy atom. The molecule has 0 aliphatic carbocycles. The first-order valence-electron chi connectivity index (χ1n) is 4.91. The number of hydrogen-bond donors (Lipinski definition) is 1. The highest BCUT2D eigenvalue weighted by Crippen LogP contribution is 2.04. The first-order chi connectivity index (χ1) is 6.74. The van der Waals surface area contributed by atoms with Crippen molar-refractivity contribution in [2.45, 2.75) is 32.6 Å². The second kappa shape index (κ2) is 5.42. The molecule has 0 spiro atoms. The maximum Gasteiger partial charge on any atom is 0.354 e. The molecular formula is C10H15NO3. The molecule has 0 atom stereocenters. The van der Waals surface area contributed by atoms with Gasteiger partial charge in [0.05, 0.1) is 0 Å². The van der Waals surface area contributed by atoms with Crippen LogP contribution in [-0.4, -0.2) is 18.5 Å². The van der Waals surface area contributed by atoms with Gasteiger partial charge in [-0.05, 0) is 12.5 Å². The fourth-order valence-corrected chi connectivity index (χ4v) is 1.21. The van der Waals surface area contributed by atoms with E-state index in [1.54, 1.807) is 6.08 Å². The number of nitrogens with one attached hydrogen (secondary N) is 1. The van der Waals surface area contributed by atoms with Gasteiger partial charge in [-0.3, -0.25) is 4.79 Å². The Labute approximate surface area is 83.3 Å².